The first-order valence-electron chi connectivity index (χ1n) is 6.54. The molecule has 0 heterocycles. The number of rotatable bonds is 5. The molecule has 0 aromatic heterocycles. The largest absolute Gasteiger partial charge is 0.416 e. The van der Waals surface area contributed by atoms with Crippen LogP contribution in [0.1, 0.15) is 22.3 Å². The Labute approximate surface area is 121 Å². The highest BCUT2D eigenvalue weighted by atomic mass is 19.4. The molecule has 2 aromatic rings. The van der Waals surface area contributed by atoms with Crippen LogP contribution in [0.15, 0.2) is 48.5 Å². The molecule has 0 radical (unpaired) electrons. The van der Waals surface area contributed by atoms with E-state index in [4.69, 9.17) is 5.11 Å². The number of halogens is 3. The Hall–Kier alpha value is -1.85. The number of nitrogens with one attached hydrogen (secondary N) is 1. The van der Waals surface area contributed by atoms with Crippen molar-refractivity contribution in [1.29, 1.82) is 0 Å². The molecule has 0 bridgehead atoms. The molecule has 112 valence electrons. The topological polar surface area (TPSA) is 32.3 Å². The fraction of sp³-hybridized carbons (Fsp3) is 0.250. The van der Waals surface area contributed by atoms with Gasteiger partial charge in [0.2, 0.25) is 0 Å². The molecule has 0 aliphatic carbocycles. The normalized spacial score (nSPS) is 11.6. The zero-order valence-electron chi connectivity index (χ0n) is 11.3. The highest BCUT2D eigenvalue weighted by Gasteiger charge is 2.30. The molecule has 0 saturated heterocycles. The Morgan fingerprint density at radius 3 is 2.05 bits per heavy atom. The second-order valence-electron chi connectivity index (χ2n) is 4.78. The maximum absolute atomic E-state index is 12.6. The molecule has 5 heteroatoms. The summed E-state index contributed by atoms with van der Waals surface area (Å²) in [4.78, 5) is 0. The molecular weight excluding hydrogens is 279 g/mol. The first-order chi connectivity index (χ1) is 9.99. The van der Waals surface area contributed by atoms with E-state index in [0.717, 1.165) is 23.3 Å². The van der Waals surface area contributed by atoms with Crippen LogP contribution in [0.4, 0.5) is 13.2 Å². The van der Waals surface area contributed by atoms with E-state index >= 15 is 0 Å². The summed E-state index contributed by atoms with van der Waals surface area (Å²) in [5.41, 5.74) is 1.74. The average molecular weight is 295 g/mol. The Bertz CT molecular complexity index is 596. The smallest absolute Gasteiger partial charge is 0.392 e. The molecule has 2 aromatic carbocycles. The molecule has 0 amide bonds. The van der Waals surface area contributed by atoms with E-state index in [-0.39, 0.29) is 6.61 Å². The Balaban J connectivity index is 1.94. The zero-order chi connectivity index (χ0) is 15.3. The van der Waals surface area contributed by atoms with E-state index in [2.05, 4.69) is 5.32 Å². The van der Waals surface area contributed by atoms with E-state index in [1.165, 1.54) is 6.07 Å². The highest BCUT2D eigenvalue weighted by molar-refractivity contribution is 5.26. The lowest BCUT2D eigenvalue weighted by Gasteiger charge is -2.10. The van der Waals surface area contributed by atoms with Gasteiger partial charge in [-0.15, -0.1) is 0 Å². The summed E-state index contributed by atoms with van der Waals surface area (Å²) in [5.74, 6) is 0. The van der Waals surface area contributed by atoms with Crippen molar-refractivity contribution in [3.63, 3.8) is 0 Å². The van der Waals surface area contributed by atoms with E-state index in [9.17, 15) is 13.2 Å². The van der Waals surface area contributed by atoms with Crippen LogP contribution in [0.5, 0.6) is 0 Å². The summed E-state index contributed by atoms with van der Waals surface area (Å²) >= 11 is 0. The van der Waals surface area contributed by atoms with Crippen molar-refractivity contribution >= 4 is 0 Å². The molecule has 2 N–H and O–H groups in total. The molecule has 0 unspecified atom stereocenters. The van der Waals surface area contributed by atoms with Crippen molar-refractivity contribution < 1.29 is 18.3 Å². The zero-order valence-corrected chi connectivity index (χ0v) is 11.3. The van der Waals surface area contributed by atoms with Crippen LogP contribution in [0.3, 0.4) is 0 Å². The van der Waals surface area contributed by atoms with Crippen molar-refractivity contribution in [1.82, 2.24) is 5.32 Å². The molecule has 21 heavy (non-hydrogen) atoms. The van der Waals surface area contributed by atoms with Crippen LogP contribution in [0, 0.1) is 0 Å². The summed E-state index contributed by atoms with van der Waals surface area (Å²) in [6.45, 7) is 0.860. The monoisotopic (exact) mass is 295 g/mol. The number of alkyl halides is 3. The van der Waals surface area contributed by atoms with Crippen molar-refractivity contribution in [2.24, 2.45) is 0 Å². The van der Waals surface area contributed by atoms with Gasteiger partial charge < -0.3 is 10.4 Å². The molecule has 2 rings (SSSR count). The summed E-state index contributed by atoms with van der Waals surface area (Å²) in [6.07, 6.45) is -4.31. The van der Waals surface area contributed by atoms with Gasteiger partial charge in [0.25, 0.3) is 0 Å². The van der Waals surface area contributed by atoms with Gasteiger partial charge in [-0.2, -0.15) is 13.2 Å². The molecule has 0 atom stereocenters. The van der Waals surface area contributed by atoms with E-state index in [0.29, 0.717) is 18.7 Å². The van der Waals surface area contributed by atoms with Gasteiger partial charge in [0.1, 0.15) is 0 Å². The minimum Gasteiger partial charge on any atom is -0.392 e. The second kappa shape index (κ2) is 6.74. The molecule has 0 aliphatic heterocycles. The third-order valence-corrected chi connectivity index (χ3v) is 3.09. The van der Waals surface area contributed by atoms with Crippen LogP contribution < -0.4 is 5.32 Å². The van der Waals surface area contributed by atoms with Crippen molar-refractivity contribution in [2.75, 3.05) is 0 Å². The average Bonchev–Trinajstić information content (AvgIpc) is 2.47. The van der Waals surface area contributed by atoms with Crippen LogP contribution in [0.25, 0.3) is 0 Å². The van der Waals surface area contributed by atoms with Gasteiger partial charge in [-0.05, 0) is 22.8 Å². The molecular formula is C16H16F3NO. The van der Waals surface area contributed by atoms with E-state index in [1.54, 1.807) is 6.07 Å². The Kier molecular flexibility index (Phi) is 4.98. The number of aliphatic hydroxyl groups is 1. The van der Waals surface area contributed by atoms with E-state index < -0.39 is 11.7 Å². The standard InChI is InChI=1S/C16H16F3NO/c17-16(18,19)15-6-2-4-13(8-15)10-20-9-12-3-1-5-14(7-12)11-21/h1-8,20-21H,9-11H2. The number of benzene rings is 2. The van der Waals surface area contributed by atoms with Gasteiger partial charge in [0.15, 0.2) is 0 Å². The third kappa shape index (κ3) is 4.58. The van der Waals surface area contributed by atoms with Gasteiger partial charge in [-0.1, -0.05) is 42.5 Å². The summed E-state index contributed by atoms with van der Waals surface area (Å²) < 4.78 is 37.8. The minimum atomic E-state index is -4.31. The Morgan fingerprint density at radius 1 is 0.857 bits per heavy atom. The SMILES string of the molecule is OCc1cccc(CNCc2cccc(C(F)(F)F)c2)c1. The van der Waals surface area contributed by atoms with Crippen molar-refractivity contribution in [2.45, 2.75) is 25.9 Å². The fourth-order valence-electron chi connectivity index (χ4n) is 2.05. The summed E-state index contributed by atoms with van der Waals surface area (Å²) in [5, 5.41) is 12.1. The molecule has 0 spiro atoms. The predicted molar refractivity (Wildman–Crippen MR) is 74.4 cm³/mol. The summed E-state index contributed by atoms with van der Waals surface area (Å²) in [6, 6.07) is 12.7. The van der Waals surface area contributed by atoms with Crippen LogP contribution in [0.2, 0.25) is 0 Å². The lowest BCUT2D eigenvalue weighted by atomic mass is 10.1. The first kappa shape index (κ1) is 15.5. The molecule has 0 fully saturated rings. The fourth-order valence-corrected chi connectivity index (χ4v) is 2.05. The second-order valence-corrected chi connectivity index (χ2v) is 4.78. The predicted octanol–water partition coefficient (Wildman–Crippen LogP) is 3.49. The van der Waals surface area contributed by atoms with Gasteiger partial charge in [0.05, 0.1) is 12.2 Å². The lowest BCUT2D eigenvalue weighted by Crippen LogP contribution is -2.14. The number of aliphatic hydroxyl groups excluding tert-OH is 1. The maximum Gasteiger partial charge on any atom is 0.416 e. The lowest BCUT2D eigenvalue weighted by molar-refractivity contribution is -0.137. The Morgan fingerprint density at radius 2 is 1.43 bits per heavy atom. The van der Waals surface area contributed by atoms with Gasteiger partial charge in [0, 0.05) is 13.1 Å². The molecule has 2 nitrogen and oxygen atoms in total. The summed E-state index contributed by atoms with van der Waals surface area (Å²) in [7, 11) is 0. The minimum absolute atomic E-state index is 0.0263. The van der Waals surface area contributed by atoms with Crippen LogP contribution in [-0.2, 0) is 25.9 Å². The molecule has 0 aliphatic rings. The number of hydrogen-bond acceptors (Lipinski definition) is 2. The van der Waals surface area contributed by atoms with E-state index in [1.807, 2.05) is 24.3 Å². The van der Waals surface area contributed by atoms with Crippen molar-refractivity contribution in [3.8, 4) is 0 Å². The quantitative estimate of drug-likeness (QED) is 0.885. The highest BCUT2D eigenvalue weighted by Crippen LogP contribution is 2.29. The van der Waals surface area contributed by atoms with Crippen molar-refractivity contribution in [3.05, 3.63) is 70.8 Å². The van der Waals surface area contributed by atoms with Crippen LogP contribution >= 0.6 is 0 Å². The molecule has 0 saturated carbocycles. The van der Waals surface area contributed by atoms with Gasteiger partial charge >= 0.3 is 6.18 Å². The van der Waals surface area contributed by atoms with Gasteiger partial charge in [-0.3, -0.25) is 0 Å². The number of hydrogen-bond donors (Lipinski definition) is 2. The maximum atomic E-state index is 12.6. The first-order valence-corrected chi connectivity index (χ1v) is 6.54. The van der Waals surface area contributed by atoms with Crippen LogP contribution in [-0.4, -0.2) is 5.11 Å². The third-order valence-electron chi connectivity index (χ3n) is 3.09. The van der Waals surface area contributed by atoms with Gasteiger partial charge in [-0.25, -0.2) is 0 Å².